The molecule has 0 saturated carbocycles. The number of nitrogens with zero attached hydrogens (tertiary/aromatic N) is 1. The van der Waals surface area contributed by atoms with E-state index in [1.807, 2.05) is 0 Å². The van der Waals surface area contributed by atoms with Crippen molar-refractivity contribution in [2.75, 3.05) is 33.2 Å². The largest absolute Gasteiger partial charge is 0.493 e. The summed E-state index contributed by atoms with van der Waals surface area (Å²) in [5.74, 6) is 0.151. The van der Waals surface area contributed by atoms with Crippen molar-refractivity contribution >= 4 is 52.2 Å². The van der Waals surface area contributed by atoms with Crippen LogP contribution in [0.25, 0.3) is 6.08 Å². The highest BCUT2D eigenvalue weighted by atomic mass is 35.5. The first-order valence-electron chi connectivity index (χ1n) is 8.97. The predicted molar refractivity (Wildman–Crippen MR) is 119 cm³/mol. The number of carbonyl (C=O) groups is 3. The molecule has 0 spiro atoms. The van der Waals surface area contributed by atoms with Crippen LogP contribution in [-0.4, -0.2) is 49.8 Å². The Bertz CT molecular complexity index is 1050. The highest BCUT2D eigenvalue weighted by Gasteiger charge is 2.36. The van der Waals surface area contributed by atoms with E-state index in [2.05, 4.69) is 5.32 Å². The molecule has 1 heterocycles. The lowest BCUT2D eigenvalue weighted by Crippen LogP contribution is -2.36. The van der Waals surface area contributed by atoms with E-state index in [4.69, 9.17) is 25.8 Å². The zero-order valence-corrected chi connectivity index (χ0v) is 18.5. The normalized spacial score (nSPS) is 14.7. The van der Waals surface area contributed by atoms with E-state index in [1.165, 1.54) is 27.4 Å². The van der Waals surface area contributed by atoms with Crippen molar-refractivity contribution in [3.8, 4) is 17.2 Å². The van der Waals surface area contributed by atoms with Crippen LogP contribution in [-0.2, 0) is 9.59 Å². The fourth-order valence-electron chi connectivity index (χ4n) is 2.88. The van der Waals surface area contributed by atoms with Crippen molar-refractivity contribution in [3.05, 3.63) is 51.9 Å². The zero-order valence-electron chi connectivity index (χ0n) is 16.9. The number of hydrogen-bond acceptors (Lipinski definition) is 7. The molecule has 0 bridgehead atoms. The Kier molecular flexibility index (Phi) is 7.09. The molecular formula is C21H19ClN2O6S. The molecule has 31 heavy (non-hydrogen) atoms. The highest BCUT2D eigenvalue weighted by Crippen LogP contribution is 2.40. The second-order valence-corrected chi connectivity index (χ2v) is 7.71. The molecular weight excluding hydrogens is 444 g/mol. The Morgan fingerprint density at radius 1 is 1.10 bits per heavy atom. The number of benzene rings is 2. The monoisotopic (exact) mass is 462 g/mol. The minimum Gasteiger partial charge on any atom is -0.493 e. The van der Waals surface area contributed by atoms with Crippen LogP contribution in [0.1, 0.15) is 5.56 Å². The molecule has 2 aromatic rings. The van der Waals surface area contributed by atoms with Gasteiger partial charge >= 0.3 is 0 Å². The minimum atomic E-state index is -0.565. The maximum Gasteiger partial charge on any atom is 0.294 e. The van der Waals surface area contributed by atoms with Gasteiger partial charge in [-0.2, -0.15) is 0 Å². The Morgan fingerprint density at radius 2 is 1.77 bits per heavy atom. The number of hydrogen-bond donors (Lipinski definition) is 1. The number of methoxy groups -OCH3 is 3. The van der Waals surface area contributed by atoms with Gasteiger partial charge in [-0.25, -0.2) is 0 Å². The Labute approximate surface area is 188 Å². The Hall–Kier alpha value is -3.17. The van der Waals surface area contributed by atoms with Gasteiger partial charge in [0.2, 0.25) is 11.7 Å². The number of imide groups is 1. The first kappa shape index (κ1) is 22.5. The van der Waals surface area contributed by atoms with E-state index in [1.54, 1.807) is 36.4 Å². The molecule has 10 heteroatoms. The van der Waals surface area contributed by atoms with Gasteiger partial charge in [0.15, 0.2) is 11.5 Å². The third-order valence-electron chi connectivity index (χ3n) is 4.27. The second-order valence-electron chi connectivity index (χ2n) is 6.29. The molecule has 1 N–H and O–H groups in total. The smallest absolute Gasteiger partial charge is 0.294 e. The van der Waals surface area contributed by atoms with Crippen LogP contribution in [0, 0.1) is 0 Å². The van der Waals surface area contributed by atoms with Crippen molar-refractivity contribution < 1.29 is 28.6 Å². The van der Waals surface area contributed by atoms with Crippen LogP contribution < -0.4 is 19.5 Å². The minimum absolute atomic E-state index is 0.176. The molecule has 1 fully saturated rings. The SMILES string of the molecule is COc1cc(/C=C2/SC(=O)N(CC(=O)Nc3cccc(Cl)c3)C2=O)cc(OC)c1OC. The van der Waals surface area contributed by atoms with Crippen LogP contribution in [0.2, 0.25) is 5.02 Å². The summed E-state index contributed by atoms with van der Waals surface area (Å²) in [6.45, 7) is -0.413. The number of ether oxygens (including phenoxy) is 3. The topological polar surface area (TPSA) is 94.2 Å². The Balaban J connectivity index is 1.78. The van der Waals surface area contributed by atoms with E-state index >= 15 is 0 Å². The maximum atomic E-state index is 12.7. The molecule has 3 amide bonds. The third kappa shape index (κ3) is 5.12. The molecule has 2 aromatic carbocycles. The lowest BCUT2D eigenvalue weighted by atomic mass is 10.1. The van der Waals surface area contributed by atoms with Gasteiger partial charge in [-0.1, -0.05) is 17.7 Å². The summed E-state index contributed by atoms with van der Waals surface area (Å²) < 4.78 is 15.9. The molecule has 0 aromatic heterocycles. The lowest BCUT2D eigenvalue weighted by molar-refractivity contribution is -0.127. The van der Waals surface area contributed by atoms with E-state index in [0.29, 0.717) is 33.5 Å². The lowest BCUT2D eigenvalue weighted by Gasteiger charge is -2.13. The van der Waals surface area contributed by atoms with Crippen LogP contribution in [0.15, 0.2) is 41.3 Å². The van der Waals surface area contributed by atoms with Gasteiger partial charge < -0.3 is 19.5 Å². The van der Waals surface area contributed by atoms with Gasteiger partial charge in [0.1, 0.15) is 6.54 Å². The van der Waals surface area contributed by atoms with Crippen molar-refractivity contribution in [1.29, 1.82) is 0 Å². The van der Waals surface area contributed by atoms with Gasteiger partial charge in [0.25, 0.3) is 11.1 Å². The van der Waals surface area contributed by atoms with Gasteiger partial charge in [-0.3, -0.25) is 19.3 Å². The van der Waals surface area contributed by atoms with Crippen LogP contribution >= 0.6 is 23.4 Å². The van der Waals surface area contributed by atoms with E-state index < -0.39 is 23.6 Å². The zero-order chi connectivity index (χ0) is 22.5. The summed E-state index contributed by atoms with van der Waals surface area (Å²) in [4.78, 5) is 38.4. The van der Waals surface area contributed by atoms with E-state index in [9.17, 15) is 14.4 Å². The van der Waals surface area contributed by atoms with E-state index in [0.717, 1.165) is 16.7 Å². The molecule has 162 valence electrons. The molecule has 0 aliphatic carbocycles. The van der Waals surface area contributed by atoms with E-state index in [-0.39, 0.29) is 4.91 Å². The number of rotatable bonds is 7. The molecule has 3 rings (SSSR count). The van der Waals surface area contributed by atoms with Gasteiger partial charge in [0, 0.05) is 10.7 Å². The molecule has 0 atom stereocenters. The summed E-state index contributed by atoms with van der Waals surface area (Å²) in [5, 5.41) is 2.53. The summed E-state index contributed by atoms with van der Waals surface area (Å²) in [6.07, 6.45) is 1.53. The molecule has 1 saturated heterocycles. The predicted octanol–water partition coefficient (Wildman–Crippen LogP) is 4.04. The summed E-state index contributed by atoms with van der Waals surface area (Å²) in [7, 11) is 4.45. The number of amides is 3. The third-order valence-corrected chi connectivity index (χ3v) is 5.41. The summed E-state index contributed by atoms with van der Waals surface area (Å²) in [6, 6.07) is 9.88. The number of anilines is 1. The number of nitrogens with one attached hydrogen (secondary N) is 1. The average molecular weight is 463 g/mol. The van der Waals surface area contributed by atoms with Gasteiger partial charge in [-0.15, -0.1) is 0 Å². The first-order valence-corrected chi connectivity index (χ1v) is 10.2. The maximum absolute atomic E-state index is 12.7. The Morgan fingerprint density at radius 3 is 2.35 bits per heavy atom. The number of carbonyl (C=O) groups excluding carboxylic acids is 3. The molecule has 0 unspecified atom stereocenters. The van der Waals surface area contributed by atoms with Crippen molar-refractivity contribution in [2.24, 2.45) is 0 Å². The highest BCUT2D eigenvalue weighted by molar-refractivity contribution is 8.18. The van der Waals surface area contributed by atoms with Crippen LogP contribution in [0.5, 0.6) is 17.2 Å². The van der Waals surface area contributed by atoms with Gasteiger partial charge in [-0.05, 0) is 53.7 Å². The summed E-state index contributed by atoms with van der Waals surface area (Å²) in [5.41, 5.74) is 1.04. The fourth-order valence-corrected chi connectivity index (χ4v) is 3.91. The van der Waals surface area contributed by atoms with Crippen molar-refractivity contribution in [3.63, 3.8) is 0 Å². The molecule has 1 aliphatic heterocycles. The average Bonchev–Trinajstić information content (AvgIpc) is 3.00. The molecule has 0 radical (unpaired) electrons. The quantitative estimate of drug-likeness (QED) is 0.620. The standard InChI is InChI=1S/C21H19ClN2O6S/c1-28-15-7-12(8-16(29-2)19(15)30-3)9-17-20(26)24(21(27)31-17)11-18(25)23-14-6-4-5-13(22)10-14/h4-10H,11H2,1-3H3,(H,23,25)/b17-9+. The van der Waals surface area contributed by atoms with Crippen molar-refractivity contribution in [1.82, 2.24) is 4.90 Å². The van der Waals surface area contributed by atoms with Crippen LogP contribution in [0.4, 0.5) is 10.5 Å². The summed E-state index contributed by atoms with van der Waals surface area (Å²) >= 11 is 6.65. The second kappa shape index (κ2) is 9.76. The van der Waals surface area contributed by atoms with Gasteiger partial charge in [0.05, 0.1) is 26.2 Å². The molecule has 8 nitrogen and oxygen atoms in total. The number of halogens is 1. The fraction of sp³-hybridized carbons (Fsp3) is 0.190. The molecule has 1 aliphatic rings. The van der Waals surface area contributed by atoms with Crippen molar-refractivity contribution in [2.45, 2.75) is 0 Å². The first-order chi connectivity index (χ1) is 14.9. The number of thioether (sulfide) groups is 1. The van der Waals surface area contributed by atoms with Crippen LogP contribution in [0.3, 0.4) is 0 Å².